The van der Waals surface area contributed by atoms with Gasteiger partial charge in [0.25, 0.3) is 5.91 Å². The first-order valence-electron chi connectivity index (χ1n) is 5.96. The Morgan fingerprint density at radius 3 is 2.70 bits per heavy atom. The first-order valence-corrected chi connectivity index (χ1v) is 6.79. The predicted molar refractivity (Wildman–Crippen MR) is 80.9 cm³/mol. The van der Waals surface area contributed by atoms with Crippen LogP contribution >= 0.6 is 24.2 Å². The zero-order chi connectivity index (χ0) is 14.7. The molecule has 0 aliphatic heterocycles. The Labute approximate surface area is 127 Å². The van der Waals surface area contributed by atoms with Crippen molar-refractivity contribution < 1.29 is 9.18 Å². The molecule has 1 amide bonds. The first kappa shape index (κ1) is 14.9. The monoisotopic (exact) mass is 309 g/mol. The van der Waals surface area contributed by atoms with Gasteiger partial charge in [0.15, 0.2) is 0 Å². The fraction of sp³-hybridized carbons (Fsp3) is 0.133. The van der Waals surface area contributed by atoms with Crippen LogP contribution in [0.1, 0.15) is 15.9 Å². The summed E-state index contributed by atoms with van der Waals surface area (Å²) in [5, 5.41) is 0.355. The van der Waals surface area contributed by atoms with Gasteiger partial charge in [0.2, 0.25) is 0 Å². The first-order chi connectivity index (χ1) is 9.49. The number of rotatable bonds is 3. The molecule has 0 fully saturated rings. The SMILES string of the molecule is CN(Cc1ccccc1F)C(=O)c1cc(S)ccc1Cl. The Balaban J connectivity index is 2.21. The fourth-order valence-electron chi connectivity index (χ4n) is 1.84. The molecule has 2 nitrogen and oxygen atoms in total. The van der Waals surface area contributed by atoms with E-state index in [9.17, 15) is 9.18 Å². The maximum atomic E-state index is 13.6. The second-order valence-electron chi connectivity index (χ2n) is 4.42. The highest BCUT2D eigenvalue weighted by atomic mass is 35.5. The molecular formula is C15H13ClFNOS. The van der Waals surface area contributed by atoms with Gasteiger partial charge in [-0.25, -0.2) is 4.39 Å². The second-order valence-corrected chi connectivity index (χ2v) is 5.34. The minimum atomic E-state index is -0.332. The molecule has 20 heavy (non-hydrogen) atoms. The van der Waals surface area contributed by atoms with E-state index in [-0.39, 0.29) is 18.3 Å². The highest BCUT2D eigenvalue weighted by molar-refractivity contribution is 7.80. The van der Waals surface area contributed by atoms with Gasteiger partial charge in [-0.15, -0.1) is 12.6 Å². The molecule has 0 radical (unpaired) electrons. The van der Waals surface area contributed by atoms with Crippen LogP contribution in [0.15, 0.2) is 47.4 Å². The van der Waals surface area contributed by atoms with Crippen molar-refractivity contribution in [1.29, 1.82) is 0 Å². The lowest BCUT2D eigenvalue weighted by molar-refractivity contribution is 0.0784. The maximum Gasteiger partial charge on any atom is 0.255 e. The van der Waals surface area contributed by atoms with Crippen molar-refractivity contribution in [3.8, 4) is 0 Å². The zero-order valence-corrected chi connectivity index (χ0v) is 12.5. The van der Waals surface area contributed by atoms with E-state index >= 15 is 0 Å². The van der Waals surface area contributed by atoms with Crippen LogP contribution in [0.25, 0.3) is 0 Å². The van der Waals surface area contributed by atoms with Gasteiger partial charge in [-0.1, -0.05) is 29.8 Å². The summed E-state index contributed by atoms with van der Waals surface area (Å²) in [5.74, 6) is -0.602. The Morgan fingerprint density at radius 1 is 1.30 bits per heavy atom. The lowest BCUT2D eigenvalue weighted by atomic mass is 10.1. The number of hydrogen-bond acceptors (Lipinski definition) is 2. The van der Waals surface area contributed by atoms with Gasteiger partial charge >= 0.3 is 0 Å². The third kappa shape index (κ3) is 3.32. The van der Waals surface area contributed by atoms with E-state index in [1.54, 1.807) is 43.4 Å². The Bertz CT molecular complexity index is 648. The van der Waals surface area contributed by atoms with Gasteiger partial charge in [-0.05, 0) is 24.3 Å². The minimum absolute atomic E-state index is 0.179. The number of nitrogens with zero attached hydrogens (tertiary/aromatic N) is 1. The molecule has 0 heterocycles. The van der Waals surface area contributed by atoms with Gasteiger partial charge in [-0.3, -0.25) is 4.79 Å². The van der Waals surface area contributed by atoms with E-state index in [1.165, 1.54) is 11.0 Å². The molecule has 0 aliphatic rings. The molecule has 0 aromatic heterocycles. The average Bonchev–Trinajstić information content (AvgIpc) is 2.43. The normalized spacial score (nSPS) is 10.4. The number of amides is 1. The van der Waals surface area contributed by atoms with E-state index in [4.69, 9.17) is 11.6 Å². The molecule has 0 saturated carbocycles. The highest BCUT2D eigenvalue weighted by Crippen LogP contribution is 2.21. The fourth-order valence-corrected chi connectivity index (χ4v) is 2.24. The van der Waals surface area contributed by atoms with Crippen molar-refractivity contribution in [3.63, 3.8) is 0 Å². The van der Waals surface area contributed by atoms with Gasteiger partial charge < -0.3 is 4.90 Å². The number of carbonyl (C=O) groups is 1. The molecule has 0 unspecified atom stereocenters. The Kier molecular flexibility index (Phi) is 4.68. The van der Waals surface area contributed by atoms with Crippen molar-refractivity contribution in [2.75, 3.05) is 7.05 Å². The van der Waals surface area contributed by atoms with Gasteiger partial charge in [0.05, 0.1) is 10.6 Å². The maximum absolute atomic E-state index is 13.6. The van der Waals surface area contributed by atoms with Crippen LogP contribution in [0.2, 0.25) is 5.02 Å². The lowest BCUT2D eigenvalue weighted by Gasteiger charge is -2.18. The Morgan fingerprint density at radius 2 is 2.00 bits per heavy atom. The summed E-state index contributed by atoms with van der Waals surface area (Å²) in [4.78, 5) is 14.4. The van der Waals surface area contributed by atoms with Crippen LogP contribution in [0.4, 0.5) is 4.39 Å². The zero-order valence-electron chi connectivity index (χ0n) is 10.8. The molecule has 2 rings (SSSR count). The molecular weight excluding hydrogens is 297 g/mol. The summed E-state index contributed by atoms with van der Waals surface area (Å²) >= 11 is 10.2. The molecule has 0 aliphatic carbocycles. The number of hydrogen-bond donors (Lipinski definition) is 1. The summed E-state index contributed by atoms with van der Waals surface area (Å²) < 4.78 is 13.6. The number of carbonyl (C=O) groups excluding carboxylic acids is 1. The van der Waals surface area contributed by atoms with Gasteiger partial charge in [0, 0.05) is 24.1 Å². The van der Waals surface area contributed by atoms with Gasteiger partial charge in [-0.2, -0.15) is 0 Å². The van der Waals surface area contributed by atoms with E-state index in [1.807, 2.05) is 0 Å². The lowest BCUT2D eigenvalue weighted by Crippen LogP contribution is -2.26. The van der Waals surface area contributed by atoms with Crippen molar-refractivity contribution in [2.24, 2.45) is 0 Å². The van der Waals surface area contributed by atoms with Crippen LogP contribution in [-0.2, 0) is 6.54 Å². The van der Waals surface area contributed by atoms with E-state index in [0.717, 1.165) is 0 Å². The summed E-state index contributed by atoms with van der Waals surface area (Å²) in [6.45, 7) is 0.179. The number of benzene rings is 2. The van der Waals surface area contributed by atoms with Crippen LogP contribution in [0.5, 0.6) is 0 Å². The van der Waals surface area contributed by atoms with E-state index in [0.29, 0.717) is 21.0 Å². The topological polar surface area (TPSA) is 20.3 Å². The number of thiol groups is 1. The van der Waals surface area contributed by atoms with Gasteiger partial charge in [0.1, 0.15) is 5.82 Å². The average molecular weight is 310 g/mol. The molecule has 2 aromatic carbocycles. The molecule has 5 heteroatoms. The molecule has 0 saturated heterocycles. The van der Waals surface area contributed by atoms with Crippen molar-refractivity contribution >= 4 is 30.1 Å². The standard InChI is InChI=1S/C15H13ClFNOS/c1-18(9-10-4-2-3-5-14(10)17)15(19)12-8-11(20)6-7-13(12)16/h2-8,20H,9H2,1H3. The van der Waals surface area contributed by atoms with Crippen molar-refractivity contribution in [3.05, 3.63) is 64.4 Å². The van der Waals surface area contributed by atoms with E-state index < -0.39 is 0 Å². The predicted octanol–water partition coefficient (Wildman–Crippen LogP) is 4.04. The van der Waals surface area contributed by atoms with Crippen LogP contribution in [-0.4, -0.2) is 17.9 Å². The third-order valence-electron chi connectivity index (χ3n) is 2.89. The quantitative estimate of drug-likeness (QED) is 0.848. The van der Waals surface area contributed by atoms with E-state index in [2.05, 4.69) is 12.6 Å². The summed E-state index contributed by atoms with van der Waals surface area (Å²) in [6, 6.07) is 11.3. The smallest absolute Gasteiger partial charge is 0.255 e. The largest absolute Gasteiger partial charge is 0.337 e. The third-order valence-corrected chi connectivity index (χ3v) is 3.50. The minimum Gasteiger partial charge on any atom is -0.337 e. The van der Waals surface area contributed by atoms with Crippen LogP contribution in [0, 0.1) is 5.82 Å². The molecule has 0 N–H and O–H groups in total. The summed E-state index contributed by atoms with van der Waals surface area (Å²) in [6.07, 6.45) is 0. The van der Waals surface area contributed by atoms with Crippen LogP contribution in [0.3, 0.4) is 0 Å². The van der Waals surface area contributed by atoms with Crippen molar-refractivity contribution in [2.45, 2.75) is 11.4 Å². The highest BCUT2D eigenvalue weighted by Gasteiger charge is 2.16. The van der Waals surface area contributed by atoms with Crippen LogP contribution < -0.4 is 0 Å². The summed E-state index contributed by atoms with van der Waals surface area (Å²) in [7, 11) is 1.61. The molecule has 0 atom stereocenters. The molecule has 104 valence electrons. The van der Waals surface area contributed by atoms with Crippen molar-refractivity contribution in [1.82, 2.24) is 4.90 Å². The second kappa shape index (κ2) is 6.29. The summed E-state index contributed by atoms with van der Waals surface area (Å²) in [5.41, 5.74) is 0.819. The number of halogens is 2. The Hall–Kier alpha value is -1.52. The molecule has 0 bridgehead atoms. The molecule has 2 aromatic rings. The molecule has 0 spiro atoms.